The Morgan fingerprint density at radius 3 is 3.04 bits per heavy atom. The highest BCUT2D eigenvalue weighted by Gasteiger charge is 2.17. The normalized spacial score (nSPS) is 17.1. The fourth-order valence-electron chi connectivity index (χ4n) is 3.67. The number of hydrogen-bond acceptors (Lipinski definition) is 6. The Morgan fingerprint density at radius 1 is 1.29 bits per heavy atom. The van der Waals surface area contributed by atoms with Crippen molar-refractivity contribution in [3.63, 3.8) is 0 Å². The number of hydrogen-bond donors (Lipinski definition) is 2. The molecule has 148 valence electrons. The highest BCUT2D eigenvalue weighted by atomic mass is 16.5. The second-order valence-electron chi connectivity index (χ2n) is 7.34. The summed E-state index contributed by atoms with van der Waals surface area (Å²) in [6.07, 6.45) is 7.63. The molecule has 1 aliphatic rings. The summed E-state index contributed by atoms with van der Waals surface area (Å²) in [5.74, 6) is 2.86. The van der Waals surface area contributed by atoms with E-state index in [1.807, 2.05) is 24.4 Å². The lowest BCUT2D eigenvalue weighted by atomic mass is 10.2. The molecule has 0 spiro atoms. The molecule has 2 N–H and O–H groups in total. The minimum absolute atomic E-state index is 0.641. The van der Waals surface area contributed by atoms with Crippen LogP contribution in [0.3, 0.4) is 0 Å². The summed E-state index contributed by atoms with van der Waals surface area (Å²) >= 11 is 0. The van der Waals surface area contributed by atoms with Crippen molar-refractivity contribution >= 4 is 22.5 Å². The lowest BCUT2D eigenvalue weighted by Crippen LogP contribution is -2.23. The Morgan fingerprint density at radius 2 is 2.21 bits per heavy atom. The second kappa shape index (κ2) is 8.48. The number of anilines is 2. The minimum Gasteiger partial charge on any atom is -0.491 e. The Labute approximate surface area is 165 Å². The van der Waals surface area contributed by atoms with Crippen molar-refractivity contribution in [3.8, 4) is 11.5 Å². The summed E-state index contributed by atoms with van der Waals surface area (Å²) < 4.78 is 11.4. The molecule has 0 saturated carbocycles. The fourth-order valence-corrected chi connectivity index (χ4v) is 3.67. The monoisotopic (exact) mass is 381 g/mol. The standard InChI is InChI=1S/C21H27N5O2/c1-15-6-10-26(14-15)9-3-11-28-18-12-20(24-13-19(18)27-2)25-17-5-8-23-21-16(17)4-7-22-21/h4-5,7-8,12-13,15H,3,6,9-11,14H2,1-2H3,(H2,22,23,24,25). The number of rotatable bonds is 8. The van der Waals surface area contributed by atoms with Gasteiger partial charge >= 0.3 is 0 Å². The van der Waals surface area contributed by atoms with Crippen LogP contribution in [0.1, 0.15) is 19.8 Å². The number of likely N-dealkylation sites (tertiary alicyclic amines) is 1. The molecule has 1 unspecified atom stereocenters. The first-order valence-electron chi connectivity index (χ1n) is 9.81. The molecule has 7 nitrogen and oxygen atoms in total. The maximum atomic E-state index is 6.02. The van der Waals surface area contributed by atoms with Gasteiger partial charge in [-0.2, -0.15) is 0 Å². The SMILES string of the molecule is COc1cnc(Nc2ccnc3[nH]ccc23)cc1OCCCN1CCC(C)C1. The minimum atomic E-state index is 0.641. The quantitative estimate of drug-likeness (QED) is 0.578. The van der Waals surface area contributed by atoms with Gasteiger partial charge in [0.05, 0.1) is 25.6 Å². The van der Waals surface area contributed by atoms with Crippen LogP contribution < -0.4 is 14.8 Å². The van der Waals surface area contributed by atoms with Crippen LogP contribution in [-0.2, 0) is 0 Å². The van der Waals surface area contributed by atoms with Crippen molar-refractivity contribution in [2.24, 2.45) is 5.92 Å². The van der Waals surface area contributed by atoms with Crippen LogP contribution in [0.15, 0.2) is 36.8 Å². The van der Waals surface area contributed by atoms with Gasteiger partial charge in [-0.25, -0.2) is 9.97 Å². The Balaban J connectivity index is 1.40. The van der Waals surface area contributed by atoms with Gasteiger partial charge in [0.1, 0.15) is 11.5 Å². The molecule has 3 aromatic heterocycles. The van der Waals surface area contributed by atoms with Crippen LogP contribution in [0, 0.1) is 5.92 Å². The van der Waals surface area contributed by atoms with Crippen LogP contribution in [0.4, 0.5) is 11.5 Å². The molecule has 0 radical (unpaired) electrons. The topological polar surface area (TPSA) is 75.3 Å². The van der Waals surface area contributed by atoms with Crippen LogP contribution >= 0.6 is 0 Å². The Kier molecular flexibility index (Phi) is 5.62. The highest BCUT2D eigenvalue weighted by Crippen LogP contribution is 2.31. The molecule has 0 bridgehead atoms. The summed E-state index contributed by atoms with van der Waals surface area (Å²) in [5.41, 5.74) is 1.78. The molecule has 3 aromatic rings. The van der Waals surface area contributed by atoms with Gasteiger partial charge in [-0.05, 0) is 37.4 Å². The maximum Gasteiger partial charge on any atom is 0.179 e. The molecular formula is C21H27N5O2. The van der Waals surface area contributed by atoms with Crippen molar-refractivity contribution in [2.45, 2.75) is 19.8 Å². The van der Waals surface area contributed by atoms with Crippen molar-refractivity contribution in [3.05, 3.63) is 36.8 Å². The number of pyridine rings is 2. The van der Waals surface area contributed by atoms with Crippen LogP contribution in [0.2, 0.25) is 0 Å². The van der Waals surface area contributed by atoms with E-state index in [2.05, 4.69) is 32.1 Å². The second-order valence-corrected chi connectivity index (χ2v) is 7.34. The molecule has 0 aliphatic carbocycles. The molecule has 4 rings (SSSR count). The molecule has 1 atom stereocenters. The van der Waals surface area contributed by atoms with E-state index in [9.17, 15) is 0 Å². The molecule has 0 amide bonds. The Hall–Kier alpha value is -2.80. The number of fused-ring (bicyclic) bond motifs is 1. The number of nitrogens with zero attached hydrogens (tertiary/aromatic N) is 3. The van der Waals surface area contributed by atoms with Gasteiger partial charge in [-0.3, -0.25) is 0 Å². The number of H-pyrrole nitrogens is 1. The summed E-state index contributed by atoms with van der Waals surface area (Å²) in [6.45, 7) is 6.45. The van der Waals surface area contributed by atoms with E-state index in [0.29, 0.717) is 23.9 Å². The third-order valence-corrected chi connectivity index (χ3v) is 5.16. The van der Waals surface area contributed by atoms with E-state index < -0.39 is 0 Å². The van der Waals surface area contributed by atoms with Crippen LogP contribution in [-0.4, -0.2) is 53.2 Å². The predicted octanol–water partition coefficient (Wildman–Crippen LogP) is 3.82. The van der Waals surface area contributed by atoms with Gasteiger partial charge in [0.2, 0.25) is 0 Å². The highest BCUT2D eigenvalue weighted by molar-refractivity contribution is 5.90. The molecule has 28 heavy (non-hydrogen) atoms. The van der Waals surface area contributed by atoms with E-state index >= 15 is 0 Å². The summed E-state index contributed by atoms with van der Waals surface area (Å²) in [5, 5.41) is 4.37. The number of aromatic amines is 1. The average molecular weight is 381 g/mol. The fraction of sp³-hybridized carbons (Fsp3) is 0.429. The van der Waals surface area contributed by atoms with Crippen LogP contribution in [0.5, 0.6) is 11.5 Å². The van der Waals surface area contributed by atoms with Gasteiger partial charge in [-0.1, -0.05) is 6.92 Å². The molecule has 1 saturated heterocycles. The van der Waals surface area contributed by atoms with Gasteiger partial charge in [0.15, 0.2) is 11.5 Å². The van der Waals surface area contributed by atoms with Gasteiger partial charge in [0, 0.05) is 36.9 Å². The first kappa shape index (κ1) is 18.6. The lowest BCUT2D eigenvalue weighted by Gasteiger charge is -2.16. The van der Waals surface area contributed by atoms with E-state index in [0.717, 1.165) is 35.6 Å². The van der Waals surface area contributed by atoms with E-state index in [-0.39, 0.29) is 0 Å². The van der Waals surface area contributed by atoms with Crippen molar-refractivity contribution in [2.75, 3.05) is 38.7 Å². The predicted molar refractivity (Wildman–Crippen MR) is 110 cm³/mol. The molecular weight excluding hydrogens is 354 g/mol. The first-order valence-corrected chi connectivity index (χ1v) is 9.81. The third kappa shape index (κ3) is 4.20. The van der Waals surface area contributed by atoms with Crippen molar-refractivity contribution in [1.29, 1.82) is 0 Å². The van der Waals surface area contributed by atoms with E-state index in [4.69, 9.17) is 9.47 Å². The Bertz CT molecular complexity index is 926. The summed E-state index contributed by atoms with van der Waals surface area (Å²) in [4.78, 5) is 14.4. The summed E-state index contributed by atoms with van der Waals surface area (Å²) in [6, 6.07) is 5.81. The van der Waals surface area contributed by atoms with E-state index in [1.165, 1.54) is 19.5 Å². The smallest absolute Gasteiger partial charge is 0.179 e. The number of aromatic nitrogens is 3. The third-order valence-electron chi connectivity index (χ3n) is 5.16. The number of methoxy groups -OCH3 is 1. The van der Waals surface area contributed by atoms with Crippen LogP contribution in [0.25, 0.3) is 11.0 Å². The van der Waals surface area contributed by atoms with E-state index in [1.54, 1.807) is 19.5 Å². The van der Waals surface area contributed by atoms with Crippen molar-refractivity contribution < 1.29 is 9.47 Å². The number of nitrogens with one attached hydrogen (secondary N) is 2. The lowest BCUT2D eigenvalue weighted by molar-refractivity contribution is 0.251. The van der Waals surface area contributed by atoms with Gasteiger partial charge in [0.25, 0.3) is 0 Å². The van der Waals surface area contributed by atoms with Gasteiger partial charge in [-0.15, -0.1) is 0 Å². The van der Waals surface area contributed by atoms with Gasteiger partial charge < -0.3 is 24.7 Å². The molecule has 1 aliphatic heterocycles. The van der Waals surface area contributed by atoms with Crippen molar-refractivity contribution in [1.82, 2.24) is 19.9 Å². The first-order chi connectivity index (χ1) is 13.7. The zero-order chi connectivity index (χ0) is 19.3. The molecule has 4 heterocycles. The zero-order valence-corrected chi connectivity index (χ0v) is 16.4. The maximum absolute atomic E-state index is 6.02. The largest absolute Gasteiger partial charge is 0.491 e. The molecule has 0 aromatic carbocycles. The average Bonchev–Trinajstić information content (AvgIpc) is 3.35. The number of ether oxygens (including phenoxy) is 2. The zero-order valence-electron chi connectivity index (χ0n) is 16.4. The summed E-state index contributed by atoms with van der Waals surface area (Å²) in [7, 11) is 1.63. The molecule has 7 heteroatoms. The molecule has 1 fully saturated rings.